The van der Waals surface area contributed by atoms with E-state index >= 15 is 0 Å². The van der Waals surface area contributed by atoms with E-state index in [2.05, 4.69) is 21.2 Å². The van der Waals surface area contributed by atoms with Gasteiger partial charge in [0.2, 0.25) is 0 Å². The van der Waals surface area contributed by atoms with Crippen LogP contribution in [0.1, 0.15) is 33.8 Å². The average Bonchev–Trinajstić information content (AvgIpc) is 3.01. The first kappa shape index (κ1) is 16.7. The Morgan fingerprint density at radius 2 is 2.12 bits per heavy atom. The van der Waals surface area contributed by atoms with Crippen LogP contribution in [-0.2, 0) is 0 Å². The van der Waals surface area contributed by atoms with Gasteiger partial charge in [-0.15, -0.1) is 0 Å². The van der Waals surface area contributed by atoms with Crippen molar-refractivity contribution >= 4 is 33.4 Å². The number of benzene rings is 1. The lowest BCUT2D eigenvalue weighted by molar-refractivity contribution is 0.0708. The van der Waals surface area contributed by atoms with Crippen LogP contribution in [0.3, 0.4) is 0 Å². The number of hydrogen-bond donors (Lipinski definition) is 2. The van der Waals surface area contributed by atoms with E-state index in [4.69, 9.17) is 10.2 Å². The number of hydrogen-bond acceptors (Lipinski definition) is 4. The molecule has 0 aliphatic carbocycles. The van der Waals surface area contributed by atoms with Crippen LogP contribution in [0.5, 0.6) is 0 Å². The molecule has 24 heavy (non-hydrogen) atoms. The van der Waals surface area contributed by atoms with E-state index in [1.54, 1.807) is 41.3 Å². The summed E-state index contributed by atoms with van der Waals surface area (Å²) in [5.74, 6) is -0.243. The molecule has 1 aromatic carbocycles. The number of furan rings is 1. The standard InChI is InChI=1S/C17H18BrN3O3/c18-15-7-6-14(24-15)16(22)20-13-5-1-3-11(9-13)17(23)21-8-2-4-12(19)10-21/h1,3,5-7,9,12H,2,4,8,10,19H2,(H,20,22). The van der Waals surface area contributed by atoms with Crippen molar-refractivity contribution in [1.29, 1.82) is 0 Å². The van der Waals surface area contributed by atoms with Crippen molar-refractivity contribution < 1.29 is 14.0 Å². The van der Waals surface area contributed by atoms with Crippen molar-refractivity contribution in [3.05, 3.63) is 52.4 Å². The normalized spacial score (nSPS) is 17.6. The number of piperidine rings is 1. The number of nitrogens with zero attached hydrogens (tertiary/aromatic N) is 1. The molecule has 3 N–H and O–H groups in total. The van der Waals surface area contributed by atoms with Gasteiger partial charge in [0.05, 0.1) is 0 Å². The van der Waals surface area contributed by atoms with Crippen LogP contribution >= 0.6 is 15.9 Å². The van der Waals surface area contributed by atoms with E-state index < -0.39 is 0 Å². The number of amides is 2. The van der Waals surface area contributed by atoms with Gasteiger partial charge in [-0.05, 0) is 59.1 Å². The van der Waals surface area contributed by atoms with Gasteiger partial charge in [0.25, 0.3) is 11.8 Å². The Morgan fingerprint density at radius 3 is 2.83 bits per heavy atom. The van der Waals surface area contributed by atoms with E-state index in [0.717, 1.165) is 12.8 Å². The van der Waals surface area contributed by atoms with Crippen molar-refractivity contribution in [3.8, 4) is 0 Å². The Balaban J connectivity index is 1.71. The summed E-state index contributed by atoms with van der Waals surface area (Å²) >= 11 is 3.16. The van der Waals surface area contributed by atoms with Gasteiger partial charge in [-0.1, -0.05) is 6.07 Å². The third-order valence-corrected chi connectivity index (χ3v) is 4.34. The predicted octanol–water partition coefficient (Wildman–Crippen LogP) is 2.86. The summed E-state index contributed by atoms with van der Waals surface area (Å²) in [5, 5.41) is 2.73. The quantitative estimate of drug-likeness (QED) is 0.841. The van der Waals surface area contributed by atoms with Crippen molar-refractivity contribution in [1.82, 2.24) is 4.90 Å². The molecule has 1 aromatic heterocycles. The minimum Gasteiger partial charge on any atom is -0.444 e. The Bertz CT molecular complexity index is 759. The lowest BCUT2D eigenvalue weighted by atomic mass is 10.1. The summed E-state index contributed by atoms with van der Waals surface area (Å²) in [6.45, 7) is 1.28. The van der Waals surface area contributed by atoms with Gasteiger partial charge in [-0.2, -0.15) is 0 Å². The second kappa shape index (κ2) is 7.19. The molecule has 2 heterocycles. The summed E-state index contributed by atoms with van der Waals surface area (Å²) in [5.41, 5.74) is 7.01. The molecule has 1 fully saturated rings. The summed E-state index contributed by atoms with van der Waals surface area (Å²) < 4.78 is 5.70. The number of rotatable bonds is 3. The zero-order chi connectivity index (χ0) is 17.1. The molecule has 126 valence electrons. The topological polar surface area (TPSA) is 88.6 Å². The molecule has 0 bridgehead atoms. The van der Waals surface area contributed by atoms with E-state index in [-0.39, 0.29) is 23.6 Å². The minimum atomic E-state index is -0.370. The molecule has 6 nitrogen and oxygen atoms in total. The van der Waals surface area contributed by atoms with Crippen LogP contribution in [0.2, 0.25) is 0 Å². The summed E-state index contributed by atoms with van der Waals surface area (Å²) in [4.78, 5) is 26.5. The number of halogens is 1. The molecule has 1 aliphatic heterocycles. The number of carbonyl (C=O) groups is 2. The minimum absolute atomic E-state index is 0.0305. The molecule has 0 radical (unpaired) electrons. The average molecular weight is 392 g/mol. The SMILES string of the molecule is NC1CCCN(C(=O)c2cccc(NC(=O)c3ccc(Br)o3)c2)C1. The fourth-order valence-corrected chi connectivity index (χ4v) is 3.04. The number of nitrogens with two attached hydrogens (primary N) is 1. The predicted molar refractivity (Wildman–Crippen MR) is 93.9 cm³/mol. The third kappa shape index (κ3) is 3.85. The highest BCUT2D eigenvalue weighted by Crippen LogP contribution is 2.18. The first-order chi connectivity index (χ1) is 11.5. The molecule has 7 heteroatoms. The fourth-order valence-electron chi connectivity index (χ4n) is 2.74. The summed E-state index contributed by atoms with van der Waals surface area (Å²) in [6, 6.07) is 10.1. The lowest BCUT2D eigenvalue weighted by Gasteiger charge is -2.30. The maximum Gasteiger partial charge on any atom is 0.291 e. The molecule has 3 rings (SSSR count). The molecular formula is C17H18BrN3O3. The van der Waals surface area contributed by atoms with Gasteiger partial charge in [0.15, 0.2) is 10.4 Å². The molecule has 2 amide bonds. The monoisotopic (exact) mass is 391 g/mol. The van der Waals surface area contributed by atoms with Crippen molar-refractivity contribution in [2.75, 3.05) is 18.4 Å². The maximum absolute atomic E-state index is 12.6. The highest BCUT2D eigenvalue weighted by molar-refractivity contribution is 9.10. The number of anilines is 1. The fraction of sp³-hybridized carbons (Fsp3) is 0.294. The van der Waals surface area contributed by atoms with Crippen molar-refractivity contribution in [2.24, 2.45) is 5.73 Å². The molecule has 1 aliphatic rings. The molecule has 0 spiro atoms. The van der Waals surface area contributed by atoms with E-state index in [9.17, 15) is 9.59 Å². The summed E-state index contributed by atoms with van der Waals surface area (Å²) in [7, 11) is 0. The van der Waals surface area contributed by atoms with Crippen LogP contribution in [0.15, 0.2) is 45.5 Å². The molecule has 1 atom stereocenters. The second-order valence-electron chi connectivity index (χ2n) is 5.79. The van der Waals surface area contributed by atoms with Crippen LogP contribution in [-0.4, -0.2) is 35.8 Å². The Morgan fingerprint density at radius 1 is 1.29 bits per heavy atom. The molecular weight excluding hydrogens is 374 g/mol. The smallest absolute Gasteiger partial charge is 0.291 e. The van der Waals surface area contributed by atoms with Crippen molar-refractivity contribution in [2.45, 2.75) is 18.9 Å². The number of likely N-dealkylation sites (tertiary alicyclic amines) is 1. The van der Waals surface area contributed by atoms with Crippen LogP contribution in [0.4, 0.5) is 5.69 Å². The van der Waals surface area contributed by atoms with E-state index in [1.165, 1.54) is 0 Å². The van der Waals surface area contributed by atoms with Crippen LogP contribution in [0.25, 0.3) is 0 Å². The molecule has 1 unspecified atom stereocenters. The Hall–Kier alpha value is -2.12. The molecule has 2 aromatic rings. The Labute approximate surface area is 148 Å². The van der Waals surface area contributed by atoms with Crippen LogP contribution in [0, 0.1) is 0 Å². The molecule has 0 saturated carbocycles. The Kier molecular flexibility index (Phi) is 5.01. The maximum atomic E-state index is 12.6. The van der Waals surface area contributed by atoms with Gasteiger partial charge < -0.3 is 20.4 Å². The van der Waals surface area contributed by atoms with E-state index in [1.807, 2.05) is 0 Å². The highest BCUT2D eigenvalue weighted by Gasteiger charge is 2.22. The van der Waals surface area contributed by atoms with Gasteiger partial charge in [-0.3, -0.25) is 9.59 Å². The van der Waals surface area contributed by atoms with Gasteiger partial charge >= 0.3 is 0 Å². The zero-order valence-corrected chi connectivity index (χ0v) is 14.6. The zero-order valence-electron chi connectivity index (χ0n) is 13.0. The van der Waals surface area contributed by atoms with E-state index in [0.29, 0.717) is 29.0 Å². The third-order valence-electron chi connectivity index (χ3n) is 3.91. The van der Waals surface area contributed by atoms with Crippen molar-refractivity contribution in [3.63, 3.8) is 0 Å². The largest absolute Gasteiger partial charge is 0.444 e. The lowest BCUT2D eigenvalue weighted by Crippen LogP contribution is -2.45. The van der Waals surface area contributed by atoms with Gasteiger partial charge in [0.1, 0.15) is 0 Å². The molecule has 1 saturated heterocycles. The number of nitrogens with one attached hydrogen (secondary N) is 1. The van der Waals surface area contributed by atoms with Gasteiger partial charge in [0, 0.05) is 30.4 Å². The summed E-state index contributed by atoms with van der Waals surface area (Å²) in [6.07, 6.45) is 1.86. The first-order valence-corrected chi connectivity index (χ1v) is 8.54. The van der Waals surface area contributed by atoms with Crippen LogP contribution < -0.4 is 11.1 Å². The second-order valence-corrected chi connectivity index (χ2v) is 6.57. The number of carbonyl (C=O) groups excluding carboxylic acids is 2. The first-order valence-electron chi connectivity index (χ1n) is 7.74. The highest BCUT2D eigenvalue weighted by atomic mass is 79.9. The van der Waals surface area contributed by atoms with Gasteiger partial charge in [-0.25, -0.2) is 0 Å².